The molecule has 0 spiro atoms. The van der Waals surface area contributed by atoms with Crippen LogP contribution >= 0.6 is 0 Å². The molecule has 0 aromatic heterocycles. The van der Waals surface area contributed by atoms with Gasteiger partial charge in [-0.25, -0.2) is 0 Å². The fourth-order valence-electron chi connectivity index (χ4n) is 6.09. The van der Waals surface area contributed by atoms with Crippen LogP contribution in [0, 0.1) is 22.7 Å². The fraction of sp³-hybridized carbons (Fsp3) is 0.840. The average Bonchev–Trinajstić information content (AvgIpc) is 2.63. The van der Waals surface area contributed by atoms with Crippen LogP contribution in [-0.2, 0) is 23.8 Å². The zero-order valence-electron chi connectivity index (χ0n) is 20.3. The number of fused-ring (bicyclic) bond motifs is 1. The molecule has 1 fully saturated rings. The van der Waals surface area contributed by atoms with Crippen LogP contribution < -0.4 is 0 Å². The molecule has 0 saturated heterocycles. The van der Waals surface area contributed by atoms with Gasteiger partial charge < -0.3 is 14.2 Å². The van der Waals surface area contributed by atoms with Gasteiger partial charge in [-0.1, -0.05) is 33.3 Å². The predicted molar refractivity (Wildman–Crippen MR) is 118 cm³/mol. The highest BCUT2D eigenvalue weighted by Crippen LogP contribution is 2.61. The van der Waals surface area contributed by atoms with E-state index in [1.807, 2.05) is 0 Å². The molecule has 0 bridgehead atoms. The summed E-state index contributed by atoms with van der Waals surface area (Å²) < 4.78 is 16.8. The van der Waals surface area contributed by atoms with Crippen LogP contribution in [0.15, 0.2) is 11.1 Å². The quantitative estimate of drug-likeness (QED) is 0.384. The molecular formula is C25H42O5. The second-order valence-electron chi connectivity index (χ2n) is 10.3. The van der Waals surface area contributed by atoms with E-state index in [1.165, 1.54) is 25.0 Å². The Hall–Kier alpha value is -1.36. The zero-order chi connectivity index (χ0) is 22.7. The van der Waals surface area contributed by atoms with Crippen LogP contribution in [0.5, 0.6) is 0 Å². The Morgan fingerprint density at radius 2 is 1.80 bits per heavy atom. The van der Waals surface area contributed by atoms with Gasteiger partial charge in [0.1, 0.15) is 6.10 Å². The average molecular weight is 423 g/mol. The van der Waals surface area contributed by atoms with Gasteiger partial charge in [-0.15, -0.1) is 0 Å². The summed E-state index contributed by atoms with van der Waals surface area (Å²) in [5.74, 6) is 0.477. The van der Waals surface area contributed by atoms with Crippen molar-refractivity contribution in [1.82, 2.24) is 0 Å². The largest absolute Gasteiger partial charge is 0.466 e. The van der Waals surface area contributed by atoms with Gasteiger partial charge in [0, 0.05) is 26.4 Å². The zero-order valence-corrected chi connectivity index (χ0v) is 20.3. The van der Waals surface area contributed by atoms with Gasteiger partial charge in [0.05, 0.1) is 12.7 Å². The summed E-state index contributed by atoms with van der Waals surface area (Å²) in [6.45, 7) is 14.9. The van der Waals surface area contributed by atoms with E-state index in [2.05, 4.69) is 34.6 Å². The molecule has 2 aliphatic carbocycles. The maximum absolute atomic E-state index is 11.7. The molecule has 5 atom stereocenters. The van der Waals surface area contributed by atoms with Crippen molar-refractivity contribution in [3.05, 3.63) is 11.1 Å². The molecule has 1 saturated carbocycles. The third-order valence-electron chi connectivity index (χ3n) is 7.92. The summed E-state index contributed by atoms with van der Waals surface area (Å²) in [6.07, 6.45) is 5.96. The number of rotatable bonds is 8. The molecule has 5 unspecified atom stereocenters. The lowest BCUT2D eigenvalue weighted by Gasteiger charge is -2.58. The number of hydrogen-bond donors (Lipinski definition) is 0. The first-order valence-corrected chi connectivity index (χ1v) is 11.5. The highest BCUT2D eigenvalue weighted by Gasteiger charge is 2.56. The topological polar surface area (TPSA) is 61.8 Å². The highest BCUT2D eigenvalue weighted by molar-refractivity contribution is 5.66. The van der Waals surface area contributed by atoms with E-state index in [0.717, 1.165) is 38.5 Å². The third kappa shape index (κ3) is 5.27. The molecule has 30 heavy (non-hydrogen) atoms. The summed E-state index contributed by atoms with van der Waals surface area (Å²) >= 11 is 0. The SMILES string of the molecule is COC1CC2C(C)(CCC(OC(C)=O)C2(C)C)C(CCC(C)CCOC(C)=O)=C1C. The van der Waals surface area contributed by atoms with Crippen molar-refractivity contribution in [3.63, 3.8) is 0 Å². The Labute approximate surface area is 182 Å². The van der Waals surface area contributed by atoms with E-state index < -0.39 is 0 Å². The minimum absolute atomic E-state index is 0.0482. The lowest BCUT2D eigenvalue weighted by Crippen LogP contribution is -2.55. The van der Waals surface area contributed by atoms with E-state index >= 15 is 0 Å². The van der Waals surface area contributed by atoms with Crippen LogP contribution in [0.2, 0.25) is 0 Å². The number of esters is 2. The molecule has 5 heteroatoms. The molecule has 2 rings (SSSR count). The Morgan fingerprint density at radius 3 is 2.37 bits per heavy atom. The van der Waals surface area contributed by atoms with Crippen molar-refractivity contribution in [2.24, 2.45) is 22.7 Å². The normalized spacial score (nSPS) is 31.7. The van der Waals surface area contributed by atoms with Crippen molar-refractivity contribution < 1.29 is 23.8 Å². The summed E-state index contributed by atoms with van der Waals surface area (Å²) in [5, 5.41) is 0. The summed E-state index contributed by atoms with van der Waals surface area (Å²) in [6, 6.07) is 0. The first kappa shape index (κ1) is 24.9. The second-order valence-corrected chi connectivity index (χ2v) is 10.3. The van der Waals surface area contributed by atoms with Gasteiger partial charge in [-0.2, -0.15) is 0 Å². The Bertz CT molecular complexity index is 664. The lowest BCUT2D eigenvalue weighted by molar-refractivity contribution is -0.168. The Kier molecular flexibility index (Phi) is 8.17. The third-order valence-corrected chi connectivity index (χ3v) is 7.92. The smallest absolute Gasteiger partial charge is 0.302 e. The monoisotopic (exact) mass is 422 g/mol. The molecule has 0 aromatic carbocycles. The summed E-state index contributed by atoms with van der Waals surface area (Å²) in [5.41, 5.74) is 2.89. The van der Waals surface area contributed by atoms with E-state index in [4.69, 9.17) is 14.2 Å². The summed E-state index contributed by atoms with van der Waals surface area (Å²) in [4.78, 5) is 22.7. The van der Waals surface area contributed by atoms with Crippen LogP contribution in [0.25, 0.3) is 0 Å². The molecular weight excluding hydrogens is 380 g/mol. The van der Waals surface area contributed by atoms with Gasteiger partial charge in [0.15, 0.2) is 0 Å². The molecule has 0 N–H and O–H groups in total. The number of methoxy groups -OCH3 is 1. The van der Waals surface area contributed by atoms with Crippen LogP contribution in [0.4, 0.5) is 0 Å². The van der Waals surface area contributed by atoms with Crippen molar-refractivity contribution in [2.45, 2.75) is 99.2 Å². The first-order chi connectivity index (χ1) is 13.9. The molecule has 2 aliphatic rings. The first-order valence-electron chi connectivity index (χ1n) is 11.5. The lowest BCUT2D eigenvalue weighted by atomic mass is 9.48. The molecule has 5 nitrogen and oxygen atoms in total. The minimum Gasteiger partial charge on any atom is -0.466 e. The number of carbonyl (C=O) groups is 2. The maximum atomic E-state index is 11.7. The van der Waals surface area contributed by atoms with Crippen molar-refractivity contribution in [3.8, 4) is 0 Å². The maximum Gasteiger partial charge on any atom is 0.302 e. The minimum atomic E-state index is -0.210. The van der Waals surface area contributed by atoms with E-state index in [1.54, 1.807) is 7.11 Å². The standard InChI is InChI=1S/C25H42O5/c1-16(12-14-29-18(3)26)9-10-20-17(2)21(28-8)15-22-24(5,6)23(30-19(4)27)11-13-25(20,22)7/h16,21-23H,9-15H2,1-8H3. The molecule has 0 radical (unpaired) electrons. The number of carbonyl (C=O) groups excluding carboxylic acids is 2. The van der Waals surface area contributed by atoms with Crippen molar-refractivity contribution >= 4 is 11.9 Å². The van der Waals surface area contributed by atoms with Gasteiger partial charge in [0.2, 0.25) is 0 Å². The molecule has 0 aromatic rings. The van der Waals surface area contributed by atoms with E-state index in [-0.39, 0.29) is 35.0 Å². The Balaban J connectivity index is 2.22. The van der Waals surface area contributed by atoms with Gasteiger partial charge >= 0.3 is 11.9 Å². The van der Waals surface area contributed by atoms with Gasteiger partial charge in [0.25, 0.3) is 0 Å². The van der Waals surface area contributed by atoms with Crippen LogP contribution in [-0.4, -0.2) is 37.9 Å². The molecule has 0 aliphatic heterocycles. The van der Waals surface area contributed by atoms with E-state index in [9.17, 15) is 9.59 Å². The predicted octanol–water partition coefficient (Wildman–Crippen LogP) is 5.47. The highest BCUT2D eigenvalue weighted by atomic mass is 16.5. The number of hydrogen-bond acceptors (Lipinski definition) is 5. The van der Waals surface area contributed by atoms with Crippen molar-refractivity contribution in [2.75, 3.05) is 13.7 Å². The van der Waals surface area contributed by atoms with Gasteiger partial charge in [-0.3, -0.25) is 9.59 Å². The molecule has 172 valence electrons. The fourth-order valence-corrected chi connectivity index (χ4v) is 6.09. The number of ether oxygens (including phenoxy) is 3. The molecule has 0 amide bonds. The van der Waals surface area contributed by atoms with Crippen LogP contribution in [0.1, 0.15) is 87.0 Å². The number of allylic oxidation sites excluding steroid dienone is 1. The van der Waals surface area contributed by atoms with Crippen LogP contribution in [0.3, 0.4) is 0 Å². The molecule has 0 heterocycles. The van der Waals surface area contributed by atoms with E-state index in [0.29, 0.717) is 18.4 Å². The summed E-state index contributed by atoms with van der Waals surface area (Å²) in [7, 11) is 1.80. The van der Waals surface area contributed by atoms with Crippen molar-refractivity contribution in [1.29, 1.82) is 0 Å². The Morgan fingerprint density at radius 1 is 1.13 bits per heavy atom. The van der Waals surface area contributed by atoms with Gasteiger partial charge in [-0.05, 0) is 68.3 Å². The second kappa shape index (κ2) is 9.84.